The minimum Gasteiger partial charge on any atom is -0.423 e. The summed E-state index contributed by atoms with van der Waals surface area (Å²) in [6.07, 6.45) is 2.28. The van der Waals surface area contributed by atoms with Crippen molar-refractivity contribution in [2.75, 3.05) is 5.88 Å². The van der Waals surface area contributed by atoms with Gasteiger partial charge in [-0.2, -0.15) is 0 Å². The molecule has 0 N–H and O–H groups in total. The fourth-order valence-corrected chi connectivity index (χ4v) is 1.13. The Morgan fingerprint density at radius 3 is 2.45 bits per heavy atom. The first-order chi connectivity index (χ1) is 5.02. The highest BCUT2D eigenvalue weighted by molar-refractivity contribution is 6.18. The maximum Gasteiger partial charge on any atom is 0.146 e. The first-order valence-corrected chi connectivity index (χ1v) is 5.48. The molecule has 1 atom stereocenters. The molecule has 0 aromatic carbocycles. The van der Waals surface area contributed by atoms with Gasteiger partial charge in [-0.25, -0.2) is 0 Å². The van der Waals surface area contributed by atoms with Crippen LogP contribution < -0.4 is 0 Å². The molecule has 0 amide bonds. The van der Waals surface area contributed by atoms with Crippen molar-refractivity contribution in [3.05, 3.63) is 0 Å². The average molecular weight is 195 g/mol. The molecule has 1 unspecified atom stereocenters. The Hall–Kier alpha value is 0.467. The van der Waals surface area contributed by atoms with Crippen molar-refractivity contribution in [3.8, 4) is 0 Å². The first-order valence-electron chi connectivity index (χ1n) is 4.13. The summed E-state index contributed by atoms with van der Waals surface area (Å²) in [5.74, 6) is 1.38. The van der Waals surface area contributed by atoms with E-state index in [1.165, 1.54) is 6.42 Å². The van der Waals surface area contributed by atoms with Gasteiger partial charge in [0.2, 0.25) is 0 Å². The monoisotopic (exact) mass is 194 g/mol. The number of hydrogen-bond acceptors (Lipinski definition) is 1. The minimum atomic E-state index is 0.0759. The van der Waals surface area contributed by atoms with Crippen LogP contribution in [0.1, 0.15) is 33.6 Å². The van der Waals surface area contributed by atoms with E-state index in [0.29, 0.717) is 5.92 Å². The van der Waals surface area contributed by atoms with Gasteiger partial charge in [-0.15, -0.1) is 11.6 Å². The van der Waals surface area contributed by atoms with Crippen molar-refractivity contribution in [1.82, 2.24) is 0 Å². The van der Waals surface area contributed by atoms with E-state index >= 15 is 0 Å². The molecule has 3 heteroatoms. The fraction of sp³-hybridized carbons (Fsp3) is 1.00. The smallest absolute Gasteiger partial charge is 0.146 e. The van der Waals surface area contributed by atoms with Gasteiger partial charge < -0.3 is 4.43 Å². The zero-order valence-corrected chi connectivity index (χ0v) is 10.7. The lowest BCUT2D eigenvalue weighted by molar-refractivity contribution is 0.106. The third kappa shape index (κ3) is 5.71. The van der Waals surface area contributed by atoms with Gasteiger partial charge in [-0.05, 0) is 32.6 Å². The second kappa shape index (κ2) is 5.17. The van der Waals surface area contributed by atoms with Crippen LogP contribution in [-0.4, -0.2) is 22.0 Å². The summed E-state index contributed by atoms with van der Waals surface area (Å²) >= 11 is 5.69. The van der Waals surface area contributed by atoms with Crippen molar-refractivity contribution in [1.29, 1.82) is 0 Å². The van der Waals surface area contributed by atoms with Gasteiger partial charge in [0, 0.05) is 11.5 Å². The first kappa shape index (κ1) is 11.5. The van der Waals surface area contributed by atoms with Crippen LogP contribution in [-0.2, 0) is 4.43 Å². The molecule has 0 saturated carbocycles. The van der Waals surface area contributed by atoms with E-state index in [2.05, 4.69) is 20.8 Å². The van der Waals surface area contributed by atoms with Crippen molar-refractivity contribution in [3.63, 3.8) is 0 Å². The molecule has 0 radical (unpaired) electrons. The second-order valence-corrected chi connectivity index (χ2v) is 4.48. The summed E-state index contributed by atoms with van der Waals surface area (Å²) in [6, 6.07) is 0. The Morgan fingerprint density at radius 1 is 1.55 bits per heavy atom. The molecule has 0 aromatic heterocycles. The Bertz CT molecular complexity index is 106. The molecule has 0 rings (SSSR count). The molecule has 68 valence electrons. The van der Waals surface area contributed by atoms with Crippen molar-refractivity contribution in [2.24, 2.45) is 5.92 Å². The van der Waals surface area contributed by atoms with Crippen LogP contribution >= 0.6 is 11.6 Å². The lowest BCUT2D eigenvalue weighted by Crippen LogP contribution is -2.23. The quantitative estimate of drug-likeness (QED) is 0.479. The molecule has 0 aromatic rings. The van der Waals surface area contributed by atoms with E-state index in [1.807, 2.05) is 0 Å². The topological polar surface area (TPSA) is 9.23 Å². The van der Waals surface area contributed by atoms with E-state index in [-0.39, 0.29) is 5.60 Å². The highest BCUT2D eigenvalue weighted by Crippen LogP contribution is 2.19. The van der Waals surface area contributed by atoms with E-state index in [0.717, 1.165) is 22.8 Å². The van der Waals surface area contributed by atoms with Gasteiger partial charge in [-0.3, -0.25) is 0 Å². The van der Waals surface area contributed by atoms with Gasteiger partial charge in [0.05, 0.1) is 0 Å². The third-order valence-electron chi connectivity index (χ3n) is 2.06. The van der Waals surface area contributed by atoms with Crippen LogP contribution in [0.2, 0.25) is 0 Å². The summed E-state index contributed by atoms with van der Waals surface area (Å²) in [7, 11) is 0.826. The summed E-state index contributed by atoms with van der Waals surface area (Å²) in [5, 5.41) is 0. The molecule has 0 spiro atoms. The Morgan fingerprint density at radius 2 is 2.09 bits per heavy atom. The summed E-state index contributed by atoms with van der Waals surface area (Å²) in [5.41, 5.74) is 0.0759. The van der Waals surface area contributed by atoms with Gasteiger partial charge in [0.15, 0.2) is 0 Å². The average Bonchev–Trinajstić information content (AvgIpc) is 2.00. The molecule has 0 saturated heterocycles. The number of alkyl halides is 1. The third-order valence-corrected chi connectivity index (χ3v) is 3.69. The van der Waals surface area contributed by atoms with Crippen molar-refractivity contribution in [2.45, 2.75) is 39.2 Å². The Labute approximate surface area is 78.0 Å². The van der Waals surface area contributed by atoms with Crippen molar-refractivity contribution >= 4 is 22.1 Å². The molecular weight excluding hydrogens is 176 g/mol. The molecule has 0 aliphatic heterocycles. The molecular formula is C8H19ClOSi. The van der Waals surface area contributed by atoms with Gasteiger partial charge in [0.1, 0.15) is 10.5 Å². The molecule has 0 aliphatic rings. The van der Waals surface area contributed by atoms with E-state index < -0.39 is 0 Å². The van der Waals surface area contributed by atoms with E-state index in [9.17, 15) is 0 Å². The fourth-order valence-electron chi connectivity index (χ4n) is 0.773. The Kier molecular flexibility index (Phi) is 5.39. The van der Waals surface area contributed by atoms with E-state index in [4.69, 9.17) is 16.0 Å². The predicted octanol–water partition coefficient (Wildman–Crippen LogP) is 1.72. The molecule has 1 nitrogen and oxygen atoms in total. The maximum absolute atomic E-state index is 5.69. The van der Waals surface area contributed by atoms with Crippen molar-refractivity contribution < 1.29 is 4.43 Å². The Balaban J connectivity index is 3.52. The zero-order valence-electron chi connectivity index (χ0n) is 7.98. The molecule has 0 fully saturated rings. The maximum atomic E-state index is 5.69. The number of rotatable bonds is 5. The number of halogens is 1. The van der Waals surface area contributed by atoms with Crippen LogP contribution in [0.25, 0.3) is 0 Å². The standard InChI is InChI=1S/C8H19ClOSi/c1-7(6-9)4-5-8(2,3)10-11/h7H,4-6H2,1-3,11H3. The molecule has 0 aliphatic carbocycles. The minimum absolute atomic E-state index is 0.0759. The lowest BCUT2D eigenvalue weighted by Gasteiger charge is -2.24. The van der Waals surface area contributed by atoms with Crippen LogP contribution in [0, 0.1) is 5.92 Å². The normalized spacial score (nSPS) is 15.3. The highest BCUT2D eigenvalue weighted by atomic mass is 35.5. The van der Waals surface area contributed by atoms with Crippen LogP contribution in [0.4, 0.5) is 0 Å². The largest absolute Gasteiger partial charge is 0.423 e. The summed E-state index contributed by atoms with van der Waals surface area (Å²) < 4.78 is 5.43. The molecule has 0 heterocycles. The van der Waals surface area contributed by atoms with Crippen LogP contribution in [0.5, 0.6) is 0 Å². The van der Waals surface area contributed by atoms with Gasteiger partial charge in [0.25, 0.3) is 0 Å². The SMILES string of the molecule is CC(CCl)CCC(C)(C)O[SiH3]. The van der Waals surface area contributed by atoms with Crippen LogP contribution in [0.3, 0.4) is 0 Å². The predicted molar refractivity (Wildman–Crippen MR) is 54.2 cm³/mol. The van der Waals surface area contributed by atoms with E-state index in [1.54, 1.807) is 0 Å². The van der Waals surface area contributed by atoms with Crippen LogP contribution in [0.15, 0.2) is 0 Å². The van der Waals surface area contributed by atoms with Gasteiger partial charge >= 0.3 is 0 Å². The molecule has 0 bridgehead atoms. The summed E-state index contributed by atoms with van der Waals surface area (Å²) in [6.45, 7) is 6.46. The molecule has 11 heavy (non-hydrogen) atoms. The lowest BCUT2D eigenvalue weighted by atomic mass is 9.97. The summed E-state index contributed by atoms with van der Waals surface area (Å²) in [4.78, 5) is 0. The second-order valence-electron chi connectivity index (χ2n) is 3.76. The number of hydrogen-bond donors (Lipinski definition) is 0. The zero-order chi connectivity index (χ0) is 8.91. The highest BCUT2D eigenvalue weighted by Gasteiger charge is 2.16. The van der Waals surface area contributed by atoms with Gasteiger partial charge in [-0.1, -0.05) is 6.92 Å².